The lowest BCUT2D eigenvalue weighted by molar-refractivity contribution is -0.121. The third-order valence-corrected chi connectivity index (χ3v) is 4.33. The van der Waals surface area contributed by atoms with E-state index in [0.717, 1.165) is 25.9 Å². The van der Waals surface area contributed by atoms with Crippen molar-refractivity contribution >= 4 is 5.91 Å². The van der Waals surface area contributed by atoms with Gasteiger partial charge in [0.1, 0.15) is 0 Å². The molecular formula is C18H28N2O. The number of amides is 1. The first-order valence-corrected chi connectivity index (χ1v) is 8.30. The lowest BCUT2D eigenvalue weighted by atomic mass is 10.1. The Kier molecular flexibility index (Phi) is 6.74. The van der Waals surface area contributed by atoms with Crippen molar-refractivity contribution in [2.45, 2.75) is 64.5 Å². The molecule has 1 aliphatic carbocycles. The molecule has 2 N–H and O–H groups in total. The molecule has 0 atom stereocenters. The van der Waals surface area contributed by atoms with Gasteiger partial charge < -0.3 is 10.6 Å². The van der Waals surface area contributed by atoms with E-state index in [4.69, 9.17) is 0 Å². The highest BCUT2D eigenvalue weighted by Crippen LogP contribution is 2.17. The molecular weight excluding hydrogens is 260 g/mol. The van der Waals surface area contributed by atoms with Gasteiger partial charge in [0.05, 0.1) is 0 Å². The number of carbonyl (C=O) groups is 1. The molecule has 1 saturated carbocycles. The number of hydrogen-bond acceptors (Lipinski definition) is 2. The van der Waals surface area contributed by atoms with Gasteiger partial charge in [0.15, 0.2) is 0 Å². The quantitative estimate of drug-likeness (QED) is 0.623. The van der Waals surface area contributed by atoms with Crippen molar-refractivity contribution in [1.29, 1.82) is 0 Å². The van der Waals surface area contributed by atoms with Gasteiger partial charge >= 0.3 is 0 Å². The second kappa shape index (κ2) is 8.83. The Morgan fingerprint density at radius 1 is 1.14 bits per heavy atom. The number of nitrogens with one attached hydrogen (secondary N) is 2. The normalized spacial score (nSPS) is 16.4. The first-order valence-electron chi connectivity index (χ1n) is 8.30. The van der Waals surface area contributed by atoms with Crippen LogP contribution in [0.15, 0.2) is 24.3 Å². The van der Waals surface area contributed by atoms with Crippen molar-refractivity contribution in [2.75, 3.05) is 6.54 Å². The maximum atomic E-state index is 12.0. The number of hydrogen-bond donors (Lipinski definition) is 2. The Hall–Kier alpha value is -1.35. The molecule has 3 nitrogen and oxygen atoms in total. The molecule has 0 heterocycles. The Morgan fingerprint density at radius 2 is 1.86 bits per heavy atom. The van der Waals surface area contributed by atoms with Crippen molar-refractivity contribution in [3.05, 3.63) is 35.4 Å². The lowest BCUT2D eigenvalue weighted by Gasteiger charge is -2.16. The van der Waals surface area contributed by atoms with Crippen molar-refractivity contribution in [1.82, 2.24) is 10.6 Å². The minimum absolute atomic E-state index is 0.194. The highest BCUT2D eigenvalue weighted by Gasteiger charge is 2.14. The zero-order valence-electron chi connectivity index (χ0n) is 13.2. The summed E-state index contributed by atoms with van der Waals surface area (Å²) in [6.45, 7) is 3.70. The van der Waals surface area contributed by atoms with E-state index >= 15 is 0 Å². The second-order valence-electron chi connectivity index (χ2n) is 6.11. The van der Waals surface area contributed by atoms with Gasteiger partial charge in [0.2, 0.25) is 5.91 Å². The molecule has 0 bridgehead atoms. The van der Waals surface area contributed by atoms with Gasteiger partial charge in [-0.25, -0.2) is 0 Å². The standard InChI is InChI=1S/C18H28N2O/c1-15-8-6-7-9-16(15)14-19-13-12-18(21)20-17-10-4-2-3-5-11-17/h6-9,17,19H,2-5,10-14H2,1H3,(H,20,21). The van der Waals surface area contributed by atoms with Crippen LogP contribution in [0.1, 0.15) is 56.1 Å². The topological polar surface area (TPSA) is 41.1 Å². The van der Waals surface area contributed by atoms with E-state index in [1.165, 1.54) is 36.8 Å². The van der Waals surface area contributed by atoms with E-state index < -0.39 is 0 Å². The van der Waals surface area contributed by atoms with Crippen molar-refractivity contribution in [3.63, 3.8) is 0 Å². The first kappa shape index (κ1) is 16.0. The Balaban J connectivity index is 1.62. The van der Waals surface area contributed by atoms with E-state index in [-0.39, 0.29) is 5.91 Å². The van der Waals surface area contributed by atoms with E-state index in [2.05, 4.69) is 41.8 Å². The van der Waals surface area contributed by atoms with E-state index in [1.54, 1.807) is 0 Å². The summed E-state index contributed by atoms with van der Waals surface area (Å²) in [7, 11) is 0. The van der Waals surface area contributed by atoms with Crippen molar-refractivity contribution < 1.29 is 4.79 Å². The average Bonchev–Trinajstić information content (AvgIpc) is 2.74. The largest absolute Gasteiger partial charge is 0.353 e. The van der Waals surface area contributed by atoms with Crippen LogP contribution in [0.25, 0.3) is 0 Å². The van der Waals surface area contributed by atoms with Crippen LogP contribution in [0.2, 0.25) is 0 Å². The Morgan fingerprint density at radius 3 is 2.57 bits per heavy atom. The molecule has 3 heteroatoms. The first-order chi connectivity index (χ1) is 10.3. The van der Waals surface area contributed by atoms with Crippen LogP contribution >= 0.6 is 0 Å². The van der Waals surface area contributed by atoms with E-state index in [9.17, 15) is 4.79 Å². The number of aryl methyl sites for hydroxylation is 1. The molecule has 0 aliphatic heterocycles. The molecule has 21 heavy (non-hydrogen) atoms. The fourth-order valence-electron chi connectivity index (χ4n) is 2.96. The molecule has 0 spiro atoms. The molecule has 1 aromatic rings. The van der Waals surface area contributed by atoms with Gasteiger partial charge in [-0.15, -0.1) is 0 Å². The van der Waals surface area contributed by atoms with Gasteiger partial charge in [-0.1, -0.05) is 49.9 Å². The molecule has 1 aromatic carbocycles. The van der Waals surface area contributed by atoms with Gasteiger partial charge in [0.25, 0.3) is 0 Å². The molecule has 116 valence electrons. The molecule has 1 fully saturated rings. The summed E-state index contributed by atoms with van der Waals surface area (Å²) in [6.07, 6.45) is 8.05. The summed E-state index contributed by atoms with van der Waals surface area (Å²) in [5, 5.41) is 6.55. The highest BCUT2D eigenvalue weighted by atomic mass is 16.1. The number of benzene rings is 1. The van der Waals surface area contributed by atoms with Gasteiger partial charge in [-0.3, -0.25) is 4.79 Å². The summed E-state index contributed by atoms with van der Waals surface area (Å²) in [5.74, 6) is 0.194. The smallest absolute Gasteiger partial charge is 0.221 e. The van der Waals surface area contributed by atoms with E-state index in [0.29, 0.717) is 12.5 Å². The second-order valence-corrected chi connectivity index (χ2v) is 6.11. The minimum Gasteiger partial charge on any atom is -0.353 e. The van der Waals surface area contributed by atoms with Crippen LogP contribution in [-0.4, -0.2) is 18.5 Å². The number of rotatable bonds is 6. The summed E-state index contributed by atoms with van der Waals surface area (Å²) in [4.78, 5) is 12.0. The molecule has 1 amide bonds. The SMILES string of the molecule is Cc1ccccc1CNCCC(=O)NC1CCCCCC1. The molecule has 1 aliphatic rings. The monoisotopic (exact) mass is 288 g/mol. The van der Waals surface area contributed by atoms with E-state index in [1.807, 2.05) is 0 Å². The fraction of sp³-hybridized carbons (Fsp3) is 0.611. The molecule has 0 unspecified atom stereocenters. The van der Waals surface area contributed by atoms with Crippen molar-refractivity contribution in [3.8, 4) is 0 Å². The van der Waals surface area contributed by atoms with Crippen LogP contribution in [-0.2, 0) is 11.3 Å². The van der Waals surface area contributed by atoms with Crippen molar-refractivity contribution in [2.24, 2.45) is 0 Å². The van der Waals surface area contributed by atoms with Crippen LogP contribution in [0.5, 0.6) is 0 Å². The average molecular weight is 288 g/mol. The van der Waals surface area contributed by atoms with Crippen LogP contribution in [0.3, 0.4) is 0 Å². The Labute approximate surface area is 128 Å². The Bertz CT molecular complexity index is 437. The molecule has 2 rings (SSSR count). The van der Waals surface area contributed by atoms with Crippen LogP contribution in [0, 0.1) is 6.92 Å². The third-order valence-electron chi connectivity index (χ3n) is 4.33. The summed E-state index contributed by atoms with van der Waals surface area (Å²) in [6, 6.07) is 8.78. The molecule has 0 aromatic heterocycles. The molecule has 0 radical (unpaired) electrons. The lowest BCUT2D eigenvalue weighted by Crippen LogP contribution is -2.36. The highest BCUT2D eigenvalue weighted by molar-refractivity contribution is 5.76. The summed E-state index contributed by atoms with van der Waals surface area (Å²) >= 11 is 0. The van der Waals surface area contributed by atoms with Gasteiger partial charge in [0, 0.05) is 25.6 Å². The third kappa shape index (κ3) is 5.88. The zero-order chi connectivity index (χ0) is 14.9. The van der Waals surface area contributed by atoms with Crippen LogP contribution in [0.4, 0.5) is 0 Å². The fourth-order valence-corrected chi connectivity index (χ4v) is 2.96. The summed E-state index contributed by atoms with van der Waals surface area (Å²) < 4.78 is 0. The van der Waals surface area contributed by atoms with Gasteiger partial charge in [-0.05, 0) is 30.9 Å². The maximum Gasteiger partial charge on any atom is 0.221 e. The van der Waals surface area contributed by atoms with Gasteiger partial charge in [-0.2, -0.15) is 0 Å². The number of carbonyl (C=O) groups excluding carboxylic acids is 1. The minimum atomic E-state index is 0.194. The maximum absolute atomic E-state index is 12.0. The summed E-state index contributed by atoms with van der Waals surface area (Å²) in [5.41, 5.74) is 2.61. The predicted molar refractivity (Wildman–Crippen MR) is 87.1 cm³/mol. The molecule has 0 saturated heterocycles. The predicted octanol–water partition coefficient (Wildman–Crippen LogP) is 3.31. The zero-order valence-corrected chi connectivity index (χ0v) is 13.2. The van der Waals surface area contributed by atoms with Crippen LogP contribution < -0.4 is 10.6 Å².